The van der Waals surface area contributed by atoms with Crippen molar-refractivity contribution in [2.45, 2.75) is 36.7 Å². The average molecular weight is 858 g/mol. The highest BCUT2D eigenvalue weighted by molar-refractivity contribution is 6.33. The van der Waals surface area contributed by atoms with Crippen molar-refractivity contribution in [1.82, 2.24) is 9.99 Å². The number of anilines is 2. The Morgan fingerprint density at radius 2 is 1.59 bits per heavy atom. The predicted octanol–water partition coefficient (Wildman–Crippen LogP) is 8.84. The Bertz CT molecular complexity index is 2480. The van der Waals surface area contributed by atoms with Gasteiger partial charge in [0.1, 0.15) is 11.5 Å². The van der Waals surface area contributed by atoms with Crippen LogP contribution >= 0.6 is 23.2 Å². The van der Waals surface area contributed by atoms with E-state index in [9.17, 15) is 45.8 Å². The zero-order chi connectivity index (χ0) is 42.3. The predicted molar refractivity (Wildman–Crippen MR) is 201 cm³/mol. The molecule has 3 fully saturated rings. The van der Waals surface area contributed by atoms with Crippen LogP contribution in [0.25, 0.3) is 6.08 Å². The number of phenolic OH excluding ortho intramolecular Hbond substituents is 1. The number of halogens is 8. The van der Waals surface area contributed by atoms with Crippen molar-refractivity contribution >= 4 is 64.4 Å². The molecule has 3 heterocycles. The summed E-state index contributed by atoms with van der Waals surface area (Å²) in [6.45, 7) is 3.72. The van der Waals surface area contributed by atoms with Crippen LogP contribution in [0.3, 0.4) is 0 Å². The van der Waals surface area contributed by atoms with Gasteiger partial charge in [-0.25, -0.2) is 4.98 Å². The first-order chi connectivity index (χ1) is 27.8. The van der Waals surface area contributed by atoms with E-state index >= 15 is 4.79 Å². The van der Waals surface area contributed by atoms with Crippen molar-refractivity contribution in [1.29, 1.82) is 0 Å². The number of hydrazine groups is 1. The van der Waals surface area contributed by atoms with Crippen molar-refractivity contribution in [3.8, 4) is 11.5 Å². The van der Waals surface area contributed by atoms with E-state index in [1.54, 1.807) is 36.4 Å². The summed E-state index contributed by atoms with van der Waals surface area (Å²) in [6, 6.07) is 15.4. The van der Waals surface area contributed by atoms with Gasteiger partial charge in [-0.2, -0.15) is 18.2 Å². The van der Waals surface area contributed by atoms with E-state index < -0.39 is 99.1 Å². The number of fused-ring (bicyclic) bond motifs is 4. The van der Waals surface area contributed by atoms with Crippen LogP contribution in [0.4, 0.5) is 37.8 Å². The Labute approximate surface area is 340 Å². The van der Waals surface area contributed by atoms with Gasteiger partial charge in [0, 0.05) is 22.7 Å². The van der Waals surface area contributed by atoms with Gasteiger partial charge in [0.15, 0.2) is 5.82 Å². The maximum Gasteiger partial charge on any atom is 0.573 e. The van der Waals surface area contributed by atoms with Crippen molar-refractivity contribution in [3.63, 3.8) is 0 Å². The van der Waals surface area contributed by atoms with E-state index in [-0.39, 0.29) is 40.3 Å². The summed E-state index contributed by atoms with van der Waals surface area (Å²) in [5.41, 5.74) is 0.195. The third-order valence-corrected chi connectivity index (χ3v) is 12.0. The van der Waals surface area contributed by atoms with Crippen molar-refractivity contribution in [3.05, 3.63) is 130 Å². The van der Waals surface area contributed by atoms with Crippen LogP contribution in [0.5, 0.6) is 11.5 Å². The van der Waals surface area contributed by atoms with Gasteiger partial charge in [-0.1, -0.05) is 71.8 Å². The summed E-state index contributed by atoms with van der Waals surface area (Å²) in [4.78, 5) is 63.5. The number of imide groups is 2. The molecule has 4 aromatic rings. The molecule has 4 aliphatic rings. The smallest absolute Gasteiger partial charge is 0.508 e. The minimum absolute atomic E-state index is 0.0606. The number of hydrogen-bond donors (Lipinski definition) is 2. The van der Waals surface area contributed by atoms with Crippen LogP contribution in [0.15, 0.2) is 97.2 Å². The van der Waals surface area contributed by atoms with E-state index in [1.165, 1.54) is 24.3 Å². The van der Waals surface area contributed by atoms with Crippen LogP contribution in [0, 0.1) is 23.7 Å². The van der Waals surface area contributed by atoms with Crippen LogP contribution in [0.2, 0.25) is 10.0 Å². The molecule has 1 aromatic heterocycles. The highest BCUT2D eigenvalue weighted by atomic mass is 35.5. The summed E-state index contributed by atoms with van der Waals surface area (Å²) >= 11 is 12.5. The van der Waals surface area contributed by atoms with Crippen molar-refractivity contribution in [2.75, 3.05) is 10.3 Å². The number of aromatic nitrogens is 1. The Hall–Kier alpha value is -5.87. The lowest BCUT2D eigenvalue weighted by molar-refractivity contribution is -0.274. The Balaban J connectivity index is 1.33. The number of hydrogen-bond acceptors (Lipinski definition) is 8. The summed E-state index contributed by atoms with van der Waals surface area (Å²) in [6.07, 6.45) is -6.74. The number of ether oxygens (including phenoxy) is 1. The third-order valence-electron chi connectivity index (χ3n) is 11.5. The lowest BCUT2D eigenvalue weighted by atomic mass is 9.49. The highest BCUT2D eigenvalue weighted by Gasteiger charge is 2.71. The molecule has 8 rings (SSSR count). The Kier molecular flexibility index (Phi) is 9.58. The van der Waals surface area contributed by atoms with Crippen LogP contribution in [0.1, 0.15) is 41.0 Å². The molecule has 59 heavy (non-hydrogen) atoms. The third kappa shape index (κ3) is 6.49. The van der Waals surface area contributed by atoms with Gasteiger partial charge in [-0.3, -0.25) is 29.5 Å². The highest BCUT2D eigenvalue weighted by Crippen LogP contribution is 2.65. The quantitative estimate of drug-likeness (QED) is 0.107. The SMILES string of the molecule is C=Cc1ccc(N2C(=O)[C@H]3[C@H](CC=C4[C@H]3C[C@H]3C(=O)N(Nc5ncc(C(F)(F)F)cc5Cl)C(=O)[C@@]3(c3ccc(Cl)cc3)[C@H]4c3cc(OC(F)(F)F)ccc3O)C2=O)cc1. The number of aromatic hydroxyl groups is 1. The van der Waals surface area contributed by atoms with E-state index in [2.05, 4.69) is 21.7 Å². The summed E-state index contributed by atoms with van der Waals surface area (Å²) < 4.78 is 85.6. The van der Waals surface area contributed by atoms with E-state index in [0.717, 1.165) is 28.7 Å². The first-order valence-corrected chi connectivity index (χ1v) is 18.6. The number of nitrogens with zero attached hydrogens (tertiary/aromatic N) is 3. The number of nitrogens with one attached hydrogen (secondary N) is 1. The molecular formula is C41H28Cl2F6N4O6. The number of allylic oxidation sites excluding steroid dienone is 2. The van der Waals surface area contributed by atoms with Gasteiger partial charge >= 0.3 is 12.5 Å². The number of amides is 4. The molecule has 2 aliphatic heterocycles. The fourth-order valence-corrected chi connectivity index (χ4v) is 9.44. The second kappa shape index (κ2) is 14.2. The van der Waals surface area contributed by atoms with E-state index in [1.807, 2.05) is 0 Å². The van der Waals surface area contributed by atoms with Gasteiger partial charge < -0.3 is 9.84 Å². The second-order valence-corrected chi connectivity index (χ2v) is 15.3. The number of rotatable bonds is 7. The molecule has 2 saturated heterocycles. The van der Waals surface area contributed by atoms with Crippen LogP contribution in [-0.4, -0.2) is 45.1 Å². The van der Waals surface area contributed by atoms with Gasteiger partial charge in [-0.15, -0.1) is 13.2 Å². The maximum absolute atomic E-state index is 15.3. The van der Waals surface area contributed by atoms with Gasteiger partial charge in [0.05, 0.1) is 39.4 Å². The standard InChI is InChI=1S/C41H28Cl2F6N4O6/c1-2-19-3-9-23(10-4-19)52-35(55)26-13-12-25-27(32(26)37(52)57)17-29-36(56)53(51-34-30(43)15-21(18-50-34)40(44,45)46)38(58)39(29,20-5-7-22(42)8-6-20)33(25)28-16-24(11-14-31(28)54)59-41(47,48)49/h2-12,14-16,18,26-27,29,32-33,54H,1,13,17H2,(H,50,51)/t26-,27+,29-,32-,33+,39+/m0/s1. The number of alkyl halides is 6. The van der Waals surface area contributed by atoms with Crippen LogP contribution in [-0.2, 0) is 30.8 Å². The molecule has 6 atom stereocenters. The largest absolute Gasteiger partial charge is 0.573 e. The zero-order valence-electron chi connectivity index (χ0n) is 30.0. The number of carbonyl (C=O) groups is 4. The molecular weight excluding hydrogens is 829 g/mol. The van der Waals surface area contributed by atoms with Crippen LogP contribution < -0.4 is 15.1 Å². The first kappa shape index (κ1) is 39.9. The molecule has 1 saturated carbocycles. The van der Waals surface area contributed by atoms with Gasteiger partial charge in [0.2, 0.25) is 11.8 Å². The normalized spacial score (nSPS) is 25.4. The van der Waals surface area contributed by atoms with E-state index in [0.29, 0.717) is 17.3 Å². The molecule has 18 heteroatoms. The lowest BCUT2D eigenvalue weighted by Gasteiger charge is -2.50. The summed E-state index contributed by atoms with van der Waals surface area (Å²) in [5.74, 6) is -11.1. The molecule has 0 unspecified atom stereocenters. The zero-order valence-corrected chi connectivity index (χ0v) is 31.5. The number of pyridine rings is 1. The minimum Gasteiger partial charge on any atom is -0.508 e. The molecule has 0 radical (unpaired) electrons. The first-order valence-electron chi connectivity index (χ1n) is 17.9. The average Bonchev–Trinajstić information content (AvgIpc) is 3.56. The second-order valence-electron chi connectivity index (χ2n) is 14.5. The monoisotopic (exact) mass is 856 g/mol. The molecule has 2 aliphatic carbocycles. The molecule has 304 valence electrons. The molecule has 4 amide bonds. The number of benzene rings is 3. The fraction of sp³-hybridized carbons (Fsp3) is 0.244. The maximum atomic E-state index is 15.3. The lowest BCUT2D eigenvalue weighted by Crippen LogP contribution is -2.53. The summed E-state index contributed by atoms with van der Waals surface area (Å²) in [7, 11) is 0. The molecule has 0 bridgehead atoms. The Morgan fingerprint density at radius 1 is 0.898 bits per heavy atom. The van der Waals surface area contributed by atoms with Gasteiger partial charge in [0.25, 0.3) is 11.8 Å². The van der Waals surface area contributed by atoms with Crippen molar-refractivity contribution in [2.24, 2.45) is 23.7 Å². The molecule has 3 aromatic carbocycles. The molecule has 0 spiro atoms. The minimum atomic E-state index is -5.19. The Morgan fingerprint density at radius 3 is 2.22 bits per heavy atom. The summed E-state index contributed by atoms with van der Waals surface area (Å²) in [5, 5.41) is 11.6. The molecule has 2 N–H and O–H groups in total. The fourth-order valence-electron chi connectivity index (χ4n) is 9.10. The topological polar surface area (TPSA) is 129 Å². The number of carbonyl (C=O) groups excluding carboxylic acids is 4. The number of phenols is 1. The van der Waals surface area contributed by atoms with E-state index in [4.69, 9.17) is 23.2 Å². The molecule has 10 nitrogen and oxygen atoms in total. The van der Waals surface area contributed by atoms with Gasteiger partial charge in [-0.05, 0) is 78.4 Å². The van der Waals surface area contributed by atoms with Crippen molar-refractivity contribution < 1.29 is 55.4 Å².